The Morgan fingerprint density at radius 3 is 2.69 bits per heavy atom. The zero-order valence-electron chi connectivity index (χ0n) is 6.48. The van der Waals surface area contributed by atoms with Crippen LogP contribution in [0.15, 0.2) is 10.9 Å². The van der Waals surface area contributed by atoms with Gasteiger partial charge in [-0.3, -0.25) is 4.79 Å². The summed E-state index contributed by atoms with van der Waals surface area (Å²) in [4.78, 5) is 12.8. The lowest BCUT2D eigenvalue weighted by atomic mass is 10.2. The molecule has 0 saturated carbocycles. The second-order valence-electron chi connectivity index (χ2n) is 2.39. The van der Waals surface area contributed by atoms with Crippen LogP contribution in [0, 0.1) is 0 Å². The summed E-state index contributed by atoms with van der Waals surface area (Å²) in [6.07, 6.45) is -2.80. The van der Waals surface area contributed by atoms with Gasteiger partial charge in [-0.2, -0.15) is 0 Å². The number of hydrogen-bond donors (Lipinski definition) is 2. The third kappa shape index (κ3) is 2.05. The largest absolute Gasteiger partial charge is 0.326 e. The predicted octanol–water partition coefficient (Wildman–Crippen LogP) is 1.42. The number of aromatic amines is 1. The first-order valence-electron chi connectivity index (χ1n) is 3.46. The minimum Gasteiger partial charge on any atom is -0.326 e. The van der Waals surface area contributed by atoms with Crippen molar-refractivity contribution >= 4 is 11.6 Å². The lowest BCUT2D eigenvalue weighted by Gasteiger charge is -2.05. The van der Waals surface area contributed by atoms with Gasteiger partial charge in [0.05, 0.1) is 5.02 Å². The molecule has 1 aromatic heterocycles. The van der Waals surface area contributed by atoms with Gasteiger partial charge in [-0.15, -0.1) is 0 Å². The van der Waals surface area contributed by atoms with Gasteiger partial charge >= 0.3 is 0 Å². The van der Waals surface area contributed by atoms with Crippen molar-refractivity contribution in [2.24, 2.45) is 5.73 Å². The number of nitrogens with two attached hydrogens (primary N) is 1. The van der Waals surface area contributed by atoms with Crippen LogP contribution in [0.1, 0.15) is 17.7 Å². The Labute approximate surface area is 77.5 Å². The molecule has 0 bridgehead atoms. The van der Waals surface area contributed by atoms with Gasteiger partial charge in [0.15, 0.2) is 0 Å². The first-order chi connectivity index (χ1) is 6.06. The normalized spacial score (nSPS) is 10.8. The van der Waals surface area contributed by atoms with Crippen molar-refractivity contribution in [1.29, 1.82) is 0 Å². The van der Waals surface area contributed by atoms with Crippen molar-refractivity contribution < 1.29 is 8.78 Å². The molecule has 6 heteroatoms. The molecule has 0 saturated heterocycles. The molecule has 0 unspecified atom stereocenters. The van der Waals surface area contributed by atoms with E-state index in [4.69, 9.17) is 17.3 Å². The Kier molecular flexibility index (Phi) is 3.00. The van der Waals surface area contributed by atoms with Crippen LogP contribution in [0.5, 0.6) is 0 Å². The Hall–Kier alpha value is -0.940. The van der Waals surface area contributed by atoms with Gasteiger partial charge in [-0.05, 0) is 5.56 Å². The van der Waals surface area contributed by atoms with Crippen molar-refractivity contribution in [2.45, 2.75) is 13.0 Å². The molecular weight excluding hydrogens is 202 g/mol. The van der Waals surface area contributed by atoms with E-state index in [0.29, 0.717) is 0 Å². The van der Waals surface area contributed by atoms with Crippen molar-refractivity contribution in [2.75, 3.05) is 0 Å². The molecule has 0 aliphatic rings. The Bertz CT molecular complexity index is 364. The summed E-state index contributed by atoms with van der Waals surface area (Å²) in [7, 11) is 0. The van der Waals surface area contributed by atoms with Crippen LogP contribution in [-0.2, 0) is 6.54 Å². The second-order valence-corrected chi connectivity index (χ2v) is 2.77. The molecule has 0 radical (unpaired) electrons. The fraction of sp³-hybridized carbons (Fsp3) is 0.286. The van der Waals surface area contributed by atoms with E-state index in [1.54, 1.807) is 0 Å². The molecule has 1 heterocycles. The van der Waals surface area contributed by atoms with Crippen molar-refractivity contribution in [1.82, 2.24) is 4.98 Å². The summed E-state index contributed by atoms with van der Waals surface area (Å²) in [5, 5.41) is -0.169. The topological polar surface area (TPSA) is 58.9 Å². The summed E-state index contributed by atoms with van der Waals surface area (Å²) in [6, 6.07) is 1.11. The Morgan fingerprint density at radius 2 is 2.23 bits per heavy atom. The van der Waals surface area contributed by atoms with Crippen molar-refractivity contribution in [3.8, 4) is 0 Å². The molecule has 0 amide bonds. The van der Waals surface area contributed by atoms with E-state index in [2.05, 4.69) is 0 Å². The van der Waals surface area contributed by atoms with Gasteiger partial charge in [0, 0.05) is 12.6 Å². The maximum atomic E-state index is 12.2. The SMILES string of the molecule is NCc1cc(=O)[nH]c(C(F)F)c1Cl. The summed E-state index contributed by atoms with van der Waals surface area (Å²) in [5.74, 6) is 0. The summed E-state index contributed by atoms with van der Waals surface area (Å²) >= 11 is 5.55. The zero-order valence-corrected chi connectivity index (χ0v) is 7.24. The molecule has 0 fully saturated rings. The van der Waals surface area contributed by atoms with Crippen LogP contribution < -0.4 is 11.3 Å². The molecule has 0 atom stereocenters. The van der Waals surface area contributed by atoms with E-state index >= 15 is 0 Å². The number of aromatic nitrogens is 1. The predicted molar refractivity (Wildman–Crippen MR) is 44.9 cm³/mol. The monoisotopic (exact) mass is 208 g/mol. The van der Waals surface area contributed by atoms with Gasteiger partial charge < -0.3 is 10.7 Å². The number of halogens is 3. The first kappa shape index (κ1) is 10.1. The molecule has 0 spiro atoms. The van der Waals surface area contributed by atoms with Crippen LogP contribution in [0.25, 0.3) is 0 Å². The molecule has 13 heavy (non-hydrogen) atoms. The average Bonchev–Trinajstić information content (AvgIpc) is 2.08. The van der Waals surface area contributed by atoms with E-state index in [0.717, 1.165) is 6.07 Å². The maximum absolute atomic E-state index is 12.2. The molecule has 1 aromatic rings. The third-order valence-corrected chi connectivity index (χ3v) is 1.97. The smallest absolute Gasteiger partial charge is 0.279 e. The molecule has 0 aliphatic heterocycles. The molecular formula is C7H7ClF2N2O. The van der Waals surface area contributed by atoms with Gasteiger partial charge in [-0.25, -0.2) is 8.78 Å². The highest BCUT2D eigenvalue weighted by Gasteiger charge is 2.15. The van der Waals surface area contributed by atoms with Gasteiger partial charge in [0.25, 0.3) is 6.43 Å². The van der Waals surface area contributed by atoms with Crippen LogP contribution >= 0.6 is 11.6 Å². The van der Waals surface area contributed by atoms with E-state index in [9.17, 15) is 13.6 Å². The fourth-order valence-electron chi connectivity index (χ4n) is 0.917. The van der Waals surface area contributed by atoms with E-state index < -0.39 is 17.7 Å². The highest BCUT2D eigenvalue weighted by molar-refractivity contribution is 6.32. The summed E-state index contributed by atoms with van der Waals surface area (Å²) in [6.45, 7) is -0.0392. The van der Waals surface area contributed by atoms with Crippen LogP contribution in [0.2, 0.25) is 5.02 Å². The number of hydrogen-bond acceptors (Lipinski definition) is 2. The average molecular weight is 209 g/mol. The molecule has 0 aliphatic carbocycles. The Morgan fingerprint density at radius 1 is 1.62 bits per heavy atom. The number of pyridine rings is 1. The summed E-state index contributed by atoms with van der Waals surface area (Å²) < 4.78 is 24.5. The second kappa shape index (κ2) is 3.85. The first-order valence-corrected chi connectivity index (χ1v) is 3.84. The fourth-order valence-corrected chi connectivity index (χ4v) is 1.18. The van der Waals surface area contributed by atoms with E-state index in [1.165, 1.54) is 0 Å². The minimum atomic E-state index is -2.80. The van der Waals surface area contributed by atoms with Gasteiger partial charge in [0.1, 0.15) is 5.69 Å². The quantitative estimate of drug-likeness (QED) is 0.772. The van der Waals surface area contributed by atoms with Crippen LogP contribution in [0.4, 0.5) is 8.78 Å². The van der Waals surface area contributed by atoms with Gasteiger partial charge in [-0.1, -0.05) is 11.6 Å². The van der Waals surface area contributed by atoms with Crippen LogP contribution in [0.3, 0.4) is 0 Å². The molecule has 3 N–H and O–H groups in total. The highest BCUT2D eigenvalue weighted by atomic mass is 35.5. The molecule has 0 aromatic carbocycles. The van der Waals surface area contributed by atoms with Crippen molar-refractivity contribution in [3.05, 3.63) is 32.7 Å². The minimum absolute atomic E-state index is 0.0392. The third-order valence-electron chi connectivity index (χ3n) is 1.52. The number of alkyl halides is 2. The lowest BCUT2D eigenvalue weighted by Crippen LogP contribution is -2.13. The standard InChI is InChI=1S/C7H7ClF2N2O/c8-5-3(2-11)1-4(13)12-6(5)7(9)10/h1,7H,2,11H2,(H,12,13). The molecule has 1 rings (SSSR count). The van der Waals surface area contributed by atoms with E-state index in [-0.39, 0.29) is 17.1 Å². The lowest BCUT2D eigenvalue weighted by molar-refractivity contribution is 0.146. The number of H-pyrrole nitrogens is 1. The zero-order chi connectivity index (χ0) is 10.0. The summed E-state index contributed by atoms with van der Waals surface area (Å²) in [5.41, 5.74) is 4.23. The van der Waals surface area contributed by atoms with Crippen LogP contribution in [-0.4, -0.2) is 4.98 Å². The maximum Gasteiger partial charge on any atom is 0.279 e. The van der Waals surface area contributed by atoms with E-state index in [1.807, 2.05) is 4.98 Å². The molecule has 3 nitrogen and oxygen atoms in total. The number of rotatable bonds is 2. The Balaban J connectivity index is 3.36. The molecule has 72 valence electrons. The van der Waals surface area contributed by atoms with Crippen molar-refractivity contribution in [3.63, 3.8) is 0 Å². The highest BCUT2D eigenvalue weighted by Crippen LogP contribution is 2.25. The van der Waals surface area contributed by atoms with Gasteiger partial charge in [0.2, 0.25) is 5.56 Å². The number of nitrogens with one attached hydrogen (secondary N) is 1.